The number of carbonyl (C=O) groups excluding carboxylic acids is 2. The van der Waals surface area contributed by atoms with E-state index in [0.29, 0.717) is 18.7 Å². The van der Waals surface area contributed by atoms with Crippen LogP contribution in [-0.4, -0.2) is 31.7 Å². The largest absolute Gasteiger partial charge is 0.338 e. The number of carbonyl (C=O) groups is 2. The second kappa shape index (κ2) is 8.53. The zero-order valence-corrected chi connectivity index (χ0v) is 16.5. The lowest BCUT2D eigenvalue weighted by atomic mass is 10.1. The van der Waals surface area contributed by atoms with Gasteiger partial charge in [-0.3, -0.25) is 9.59 Å². The van der Waals surface area contributed by atoms with Crippen LogP contribution in [-0.2, 0) is 32.7 Å². The number of sulfonamides is 1. The van der Waals surface area contributed by atoms with E-state index in [4.69, 9.17) is 0 Å². The molecule has 0 atom stereocenters. The summed E-state index contributed by atoms with van der Waals surface area (Å²) in [5.74, 6) is -0.0866. The average molecular weight is 401 g/mol. The number of likely N-dealkylation sites (tertiary alicyclic amines) is 1. The Labute approximate surface area is 164 Å². The molecule has 8 heteroatoms. The predicted octanol–water partition coefficient (Wildman–Crippen LogP) is 2.25. The van der Waals surface area contributed by atoms with Gasteiger partial charge in [-0.25, -0.2) is 13.1 Å². The molecule has 1 aliphatic heterocycles. The van der Waals surface area contributed by atoms with E-state index in [2.05, 4.69) is 10.0 Å². The highest BCUT2D eigenvalue weighted by Crippen LogP contribution is 2.19. The lowest BCUT2D eigenvalue weighted by molar-refractivity contribution is -0.128. The van der Waals surface area contributed by atoms with Crippen molar-refractivity contribution in [3.05, 3.63) is 59.7 Å². The first-order chi connectivity index (χ1) is 13.3. The third-order valence-corrected chi connectivity index (χ3v) is 6.01. The van der Waals surface area contributed by atoms with Gasteiger partial charge in [-0.05, 0) is 41.8 Å². The van der Waals surface area contributed by atoms with E-state index in [1.165, 1.54) is 19.1 Å². The number of rotatable bonds is 7. The van der Waals surface area contributed by atoms with Crippen LogP contribution >= 0.6 is 0 Å². The first-order valence-corrected chi connectivity index (χ1v) is 10.6. The Morgan fingerprint density at radius 2 is 1.75 bits per heavy atom. The van der Waals surface area contributed by atoms with Gasteiger partial charge < -0.3 is 10.2 Å². The molecule has 2 amide bonds. The van der Waals surface area contributed by atoms with E-state index >= 15 is 0 Å². The molecular formula is C20H23N3O4S. The highest BCUT2D eigenvalue weighted by Gasteiger charge is 2.21. The summed E-state index contributed by atoms with van der Waals surface area (Å²) in [5.41, 5.74) is 2.30. The van der Waals surface area contributed by atoms with Crippen LogP contribution in [0.4, 0.5) is 5.69 Å². The van der Waals surface area contributed by atoms with Gasteiger partial charge in [0.15, 0.2) is 0 Å². The van der Waals surface area contributed by atoms with Gasteiger partial charge >= 0.3 is 0 Å². The third kappa shape index (κ3) is 4.96. The van der Waals surface area contributed by atoms with Crippen LogP contribution in [0, 0.1) is 0 Å². The molecule has 0 radical (unpaired) electrons. The van der Waals surface area contributed by atoms with Crippen molar-refractivity contribution in [1.82, 2.24) is 9.62 Å². The summed E-state index contributed by atoms with van der Waals surface area (Å²) in [5, 5.41) is 2.60. The molecule has 3 rings (SSSR count). The minimum Gasteiger partial charge on any atom is -0.338 e. The SMILES string of the molecule is CC(=O)Nc1ccc(S(=O)(=O)NCc2ccccc2CN2CCCC2=O)cc1. The van der Waals surface area contributed by atoms with E-state index in [1.807, 2.05) is 24.3 Å². The van der Waals surface area contributed by atoms with Crippen LogP contribution in [0.1, 0.15) is 30.9 Å². The molecule has 1 fully saturated rings. The number of nitrogens with zero attached hydrogens (tertiary/aromatic N) is 1. The van der Waals surface area contributed by atoms with Crippen molar-refractivity contribution in [3.8, 4) is 0 Å². The molecule has 0 spiro atoms. The second-order valence-corrected chi connectivity index (χ2v) is 8.48. The summed E-state index contributed by atoms with van der Waals surface area (Å²) < 4.78 is 27.8. The zero-order valence-electron chi connectivity index (χ0n) is 15.6. The topological polar surface area (TPSA) is 95.6 Å². The molecule has 7 nitrogen and oxygen atoms in total. The van der Waals surface area contributed by atoms with Gasteiger partial charge in [-0.1, -0.05) is 24.3 Å². The van der Waals surface area contributed by atoms with Crippen molar-refractivity contribution in [2.45, 2.75) is 37.8 Å². The molecule has 0 saturated carbocycles. The summed E-state index contributed by atoms with van der Waals surface area (Å²) in [6.45, 7) is 2.75. The van der Waals surface area contributed by atoms with Gasteiger partial charge in [0, 0.05) is 38.7 Å². The number of nitrogens with one attached hydrogen (secondary N) is 2. The summed E-state index contributed by atoms with van der Waals surface area (Å²) in [7, 11) is -3.70. The maximum atomic E-state index is 12.6. The van der Waals surface area contributed by atoms with Crippen molar-refractivity contribution >= 4 is 27.5 Å². The highest BCUT2D eigenvalue weighted by molar-refractivity contribution is 7.89. The highest BCUT2D eigenvalue weighted by atomic mass is 32.2. The van der Waals surface area contributed by atoms with Crippen LogP contribution in [0.2, 0.25) is 0 Å². The Bertz CT molecular complexity index is 971. The Morgan fingerprint density at radius 1 is 1.07 bits per heavy atom. The van der Waals surface area contributed by atoms with Crippen molar-refractivity contribution in [2.24, 2.45) is 0 Å². The first kappa shape index (κ1) is 20.0. The Morgan fingerprint density at radius 3 is 2.36 bits per heavy atom. The maximum absolute atomic E-state index is 12.6. The first-order valence-electron chi connectivity index (χ1n) is 9.07. The summed E-state index contributed by atoms with van der Waals surface area (Å²) in [6, 6.07) is 13.5. The molecule has 0 unspecified atom stereocenters. The minimum atomic E-state index is -3.70. The van der Waals surface area contributed by atoms with E-state index in [9.17, 15) is 18.0 Å². The molecule has 0 bridgehead atoms. The van der Waals surface area contributed by atoms with Crippen LogP contribution < -0.4 is 10.0 Å². The molecule has 2 N–H and O–H groups in total. The lowest BCUT2D eigenvalue weighted by Gasteiger charge is -2.18. The van der Waals surface area contributed by atoms with E-state index in [0.717, 1.165) is 24.1 Å². The van der Waals surface area contributed by atoms with E-state index in [1.54, 1.807) is 17.0 Å². The standard InChI is InChI=1S/C20H23N3O4S/c1-15(24)22-18-8-10-19(11-9-18)28(26,27)21-13-16-5-2-3-6-17(16)14-23-12-4-7-20(23)25/h2-3,5-6,8-11,21H,4,7,12-14H2,1H3,(H,22,24). The van der Waals surface area contributed by atoms with Crippen LogP contribution in [0.15, 0.2) is 53.4 Å². The second-order valence-electron chi connectivity index (χ2n) is 6.72. The van der Waals surface area contributed by atoms with Crippen molar-refractivity contribution < 1.29 is 18.0 Å². The Kier molecular flexibility index (Phi) is 6.11. The quantitative estimate of drug-likeness (QED) is 0.744. The fraction of sp³-hybridized carbons (Fsp3) is 0.300. The smallest absolute Gasteiger partial charge is 0.240 e. The molecular weight excluding hydrogens is 378 g/mol. The molecule has 2 aromatic rings. The normalized spacial score (nSPS) is 14.3. The summed E-state index contributed by atoms with van der Waals surface area (Å²) in [4.78, 5) is 24.9. The molecule has 1 heterocycles. The van der Waals surface area contributed by atoms with Crippen LogP contribution in [0.25, 0.3) is 0 Å². The van der Waals surface area contributed by atoms with Crippen molar-refractivity contribution in [2.75, 3.05) is 11.9 Å². The molecule has 0 aromatic heterocycles. The van der Waals surface area contributed by atoms with Gasteiger partial charge in [0.05, 0.1) is 4.90 Å². The fourth-order valence-electron chi connectivity index (χ4n) is 3.14. The van der Waals surface area contributed by atoms with Gasteiger partial charge in [0.25, 0.3) is 0 Å². The van der Waals surface area contributed by atoms with Crippen molar-refractivity contribution in [1.29, 1.82) is 0 Å². The Balaban J connectivity index is 1.69. The number of anilines is 1. The predicted molar refractivity (Wildman–Crippen MR) is 106 cm³/mol. The number of hydrogen-bond acceptors (Lipinski definition) is 4. The summed E-state index contributed by atoms with van der Waals surface area (Å²) >= 11 is 0. The fourth-order valence-corrected chi connectivity index (χ4v) is 4.14. The van der Waals surface area contributed by atoms with E-state index in [-0.39, 0.29) is 23.3 Å². The van der Waals surface area contributed by atoms with Gasteiger partial charge in [-0.2, -0.15) is 0 Å². The molecule has 1 aliphatic rings. The molecule has 28 heavy (non-hydrogen) atoms. The molecule has 2 aromatic carbocycles. The van der Waals surface area contributed by atoms with Gasteiger partial charge in [-0.15, -0.1) is 0 Å². The van der Waals surface area contributed by atoms with E-state index < -0.39 is 10.0 Å². The maximum Gasteiger partial charge on any atom is 0.240 e. The minimum absolute atomic E-state index is 0.119. The van der Waals surface area contributed by atoms with Crippen LogP contribution in [0.5, 0.6) is 0 Å². The van der Waals surface area contributed by atoms with Crippen LogP contribution in [0.3, 0.4) is 0 Å². The summed E-state index contributed by atoms with van der Waals surface area (Å²) in [6.07, 6.45) is 1.44. The Hall–Kier alpha value is -2.71. The third-order valence-electron chi connectivity index (χ3n) is 4.59. The zero-order chi connectivity index (χ0) is 20.1. The van der Waals surface area contributed by atoms with Gasteiger partial charge in [0.1, 0.15) is 0 Å². The average Bonchev–Trinajstić information content (AvgIpc) is 3.06. The number of benzene rings is 2. The molecule has 1 saturated heterocycles. The number of hydrogen-bond donors (Lipinski definition) is 2. The molecule has 148 valence electrons. The monoisotopic (exact) mass is 401 g/mol. The van der Waals surface area contributed by atoms with Gasteiger partial charge in [0.2, 0.25) is 21.8 Å². The van der Waals surface area contributed by atoms with Crippen molar-refractivity contribution in [3.63, 3.8) is 0 Å². The number of amides is 2. The lowest BCUT2D eigenvalue weighted by Crippen LogP contribution is -2.27. The molecule has 0 aliphatic carbocycles.